The molecule has 0 unspecified atom stereocenters. The zero-order chi connectivity index (χ0) is 13.5. The molecule has 0 spiro atoms. The first-order valence-electron chi connectivity index (χ1n) is 6.47. The number of amides is 1. The summed E-state index contributed by atoms with van der Waals surface area (Å²) in [5.74, 6) is -0.0826. The third-order valence-corrected chi connectivity index (χ3v) is 2.59. The quantitative estimate of drug-likeness (QED) is 0.807. The molecule has 1 aromatic heterocycles. The Hall–Kier alpha value is -1.36. The summed E-state index contributed by atoms with van der Waals surface area (Å²) in [6, 6.07) is 0.335. The number of carbonyl (C=O) groups excluding carboxylic acids is 1. The summed E-state index contributed by atoms with van der Waals surface area (Å²) in [6.45, 7) is 9.02. The molecule has 18 heavy (non-hydrogen) atoms. The Labute approximate surface area is 109 Å². The Morgan fingerprint density at radius 3 is 2.78 bits per heavy atom. The van der Waals surface area contributed by atoms with Gasteiger partial charge in [-0.2, -0.15) is 5.10 Å². The fraction of sp³-hybridized carbons (Fsp3) is 0.692. The van der Waals surface area contributed by atoms with Gasteiger partial charge in [-0.05, 0) is 27.2 Å². The first-order valence-corrected chi connectivity index (χ1v) is 6.47. The van der Waals surface area contributed by atoms with Crippen LogP contribution >= 0.6 is 0 Å². The standard InChI is InChI=1S/C13H23N3O2/c1-5-6-18-11(4)13(17)14-7-12-8-15-16(9-12)10(2)3/h8-11H,5-7H2,1-4H3,(H,14,17)/t11-/m1/s1. The molecule has 0 saturated heterocycles. The third kappa shape index (κ3) is 4.49. The first kappa shape index (κ1) is 14.7. The number of hydrogen-bond acceptors (Lipinski definition) is 3. The average molecular weight is 253 g/mol. The highest BCUT2D eigenvalue weighted by atomic mass is 16.5. The molecular weight excluding hydrogens is 230 g/mol. The lowest BCUT2D eigenvalue weighted by atomic mass is 10.3. The Kier molecular flexibility index (Phi) is 5.85. The molecule has 0 aliphatic heterocycles. The molecule has 0 aliphatic carbocycles. The van der Waals surface area contributed by atoms with E-state index in [1.54, 1.807) is 13.1 Å². The second-order valence-electron chi connectivity index (χ2n) is 4.65. The molecule has 1 amide bonds. The Bertz CT molecular complexity index is 374. The van der Waals surface area contributed by atoms with Gasteiger partial charge in [0.05, 0.1) is 6.20 Å². The lowest BCUT2D eigenvalue weighted by Gasteiger charge is -2.12. The third-order valence-electron chi connectivity index (χ3n) is 2.59. The molecule has 1 heterocycles. The van der Waals surface area contributed by atoms with Crippen molar-refractivity contribution in [3.63, 3.8) is 0 Å². The number of ether oxygens (including phenoxy) is 1. The largest absolute Gasteiger partial charge is 0.369 e. The highest BCUT2D eigenvalue weighted by Crippen LogP contribution is 2.05. The summed E-state index contributed by atoms with van der Waals surface area (Å²) in [4.78, 5) is 11.7. The van der Waals surface area contributed by atoms with Crippen LogP contribution in [0.3, 0.4) is 0 Å². The van der Waals surface area contributed by atoms with Crippen molar-refractivity contribution in [2.45, 2.75) is 52.8 Å². The molecule has 0 aromatic carbocycles. The van der Waals surface area contributed by atoms with Gasteiger partial charge >= 0.3 is 0 Å². The lowest BCUT2D eigenvalue weighted by molar-refractivity contribution is -0.131. The molecule has 0 aliphatic rings. The van der Waals surface area contributed by atoms with Gasteiger partial charge in [0.25, 0.3) is 0 Å². The van der Waals surface area contributed by atoms with E-state index >= 15 is 0 Å². The molecule has 102 valence electrons. The van der Waals surface area contributed by atoms with Crippen molar-refractivity contribution in [3.05, 3.63) is 18.0 Å². The van der Waals surface area contributed by atoms with Crippen LogP contribution in [-0.4, -0.2) is 28.4 Å². The monoisotopic (exact) mass is 253 g/mol. The number of carbonyl (C=O) groups is 1. The van der Waals surface area contributed by atoms with Crippen LogP contribution in [0.5, 0.6) is 0 Å². The van der Waals surface area contributed by atoms with Gasteiger partial charge in [-0.25, -0.2) is 0 Å². The fourth-order valence-electron chi connectivity index (χ4n) is 1.45. The van der Waals surface area contributed by atoms with Crippen molar-refractivity contribution in [1.29, 1.82) is 0 Å². The molecule has 0 bridgehead atoms. The van der Waals surface area contributed by atoms with Gasteiger partial charge in [0, 0.05) is 31.0 Å². The van der Waals surface area contributed by atoms with Crippen molar-refractivity contribution in [2.75, 3.05) is 6.61 Å². The van der Waals surface area contributed by atoms with Crippen LogP contribution in [0.4, 0.5) is 0 Å². The predicted molar refractivity (Wildman–Crippen MR) is 70.2 cm³/mol. The van der Waals surface area contributed by atoms with E-state index in [-0.39, 0.29) is 5.91 Å². The lowest BCUT2D eigenvalue weighted by Crippen LogP contribution is -2.34. The van der Waals surface area contributed by atoms with Gasteiger partial charge in [-0.1, -0.05) is 6.92 Å². The van der Waals surface area contributed by atoms with Gasteiger partial charge in [0.1, 0.15) is 6.10 Å². The van der Waals surface area contributed by atoms with E-state index in [9.17, 15) is 4.79 Å². The minimum absolute atomic E-state index is 0.0826. The van der Waals surface area contributed by atoms with Crippen molar-refractivity contribution in [3.8, 4) is 0 Å². The number of hydrogen-bond donors (Lipinski definition) is 1. The van der Waals surface area contributed by atoms with E-state index in [2.05, 4.69) is 24.3 Å². The van der Waals surface area contributed by atoms with Crippen LogP contribution in [0, 0.1) is 0 Å². The minimum atomic E-state index is -0.398. The second kappa shape index (κ2) is 7.16. The van der Waals surface area contributed by atoms with E-state index in [1.165, 1.54) is 0 Å². The molecular formula is C13H23N3O2. The summed E-state index contributed by atoms with van der Waals surface area (Å²) >= 11 is 0. The zero-order valence-corrected chi connectivity index (χ0v) is 11.6. The van der Waals surface area contributed by atoms with E-state index in [4.69, 9.17) is 4.74 Å². The zero-order valence-electron chi connectivity index (χ0n) is 11.6. The van der Waals surface area contributed by atoms with Crippen LogP contribution in [0.15, 0.2) is 12.4 Å². The number of nitrogens with zero attached hydrogens (tertiary/aromatic N) is 2. The maximum Gasteiger partial charge on any atom is 0.249 e. The molecule has 1 atom stereocenters. The van der Waals surface area contributed by atoms with Crippen molar-refractivity contribution >= 4 is 5.91 Å². The van der Waals surface area contributed by atoms with E-state index < -0.39 is 6.10 Å². The van der Waals surface area contributed by atoms with E-state index in [0.717, 1.165) is 12.0 Å². The van der Waals surface area contributed by atoms with Crippen LogP contribution in [0.1, 0.15) is 45.7 Å². The predicted octanol–water partition coefficient (Wildman–Crippen LogP) is 1.90. The molecule has 0 fully saturated rings. The topological polar surface area (TPSA) is 56.1 Å². The molecule has 1 rings (SSSR count). The molecule has 0 saturated carbocycles. The maximum absolute atomic E-state index is 11.7. The SMILES string of the molecule is CCCO[C@H](C)C(=O)NCc1cnn(C(C)C)c1. The van der Waals surface area contributed by atoms with Crippen molar-refractivity contribution < 1.29 is 9.53 Å². The number of rotatable bonds is 7. The number of aromatic nitrogens is 2. The highest BCUT2D eigenvalue weighted by molar-refractivity contribution is 5.80. The highest BCUT2D eigenvalue weighted by Gasteiger charge is 2.12. The summed E-state index contributed by atoms with van der Waals surface area (Å²) < 4.78 is 7.23. The minimum Gasteiger partial charge on any atom is -0.369 e. The Balaban J connectivity index is 2.37. The van der Waals surface area contributed by atoms with Crippen LogP contribution in [0.2, 0.25) is 0 Å². The molecule has 5 heteroatoms. The van der Waals surface area contributed by atoms with Crippen LogP contribution in [-0.2, 0) is 16.1 Å². The number of nitrogens with one attached hydrogen (secondary N) is 1. The smallest absolute Gasteiger partial charge is 0.249 e. The van der Waals surface area contributed by atoms with E-state index in [1.807, 2.05) is 17.8 Å². The normalized spacial score (nSPS) is 12.7. The van der Waals surface area contributed by atoms with Crippen molar-refractivity contribution in [2.24, 2.45) is 0 Å². The molecule has 1 N–H and O–H groups in total. The van der Waals surface area contributed by atoms with Crippen LogP contribution in [0.25, 0.3) is 0 Å². The maximum atomic E-state index is 11.7. The molecule has 1 aromatic rings. The van der Waals surface area contributed by atoms with Crippen molar-refractivity contribution in [1.82, 2.24) is 15.1 Å². The summed E-state index contributed by atoms with van der Waals surface area (Å²) in [5.41, 5.74) is 1.000. The van der Waals surface area contributed by atoms with Crippen LogP contribution < -0.4 is 5.32 Å². The van der Waals surface area contributed by atoms with Gasteiger partial charge in [0.2, 0.25) is 5.91 Å². The van der Waals surface area contributed by atoms with E-state index in [0.29, 0.717) is 19.2 Å². The molecule has 0 radical (unpaired) electrons. The summed E-state index contributed by atoms with van der Waals surface area (Å²) in [6.07, 6.45) is 4.24. The Morgan fingerprint density at radius 2 is 2.22 bits per heavy atom. The second-order valence-corrected chi connectivity index (χ2v) is 4.65. The Morgan fingerprint density at radius 1 is 1.50 bits per heavy atom. The fourth-order valence-corrected chi connectivity index (χ4v) is 1.45. The van der Waals surface area contributed by atoms with Gasteiger partial charge in [-0.3, -0.25) is 9.48 Å². The van der Waals surface area contributed by atoms with Gasteiger partial charge in [-0.15, -0.1) is 0 Å². The van der Waals surface area contributed by atoms with Gasteiger partial charge in [0.15, 0.2) is 0 Å². The molecule has 5 nitrogen and oxygen atoms in total. The van der Waals surface area contributed by atoms with Gasteiger partial charge < -0.3 is 10.1 Å². The average Bonchev–Trinajstić information content (AvgIpc) is 2.81. The summed E-state index contributed by atoms with van der Waals surface area (Å²) in [5, 5.41) is 7.06. The summed E-state index contributed by atoms with van der Waals surface area (Å²) in [7, 11) is 0. The first-order chi connectivity index (χ1) is 8.54.